The molecule has 27 heavy (non-hydrogen) atoms. The molecule has 0 spiro atoms. The van der Waals surface area contributed by atoms with Crippen molar-refractivity contribution in [1.29, 1.82) is 0 Å². The highest BCUT2D eigenvalue weighted by molar-refractivity contribution is 5.75. The third kappa shape index (κ3) is 4.96. The van der Waals surface area contributed by atoms with Crippen LogP contribution in [0.3, 0.4) is 0 Å². The molecule has 0 aliphatic carbocycles. The van der Waals surface area contributed by atoms with Crippen molar-refractivity contribution in [2.24, 2.45) is 0 Å². The van der Waals surface area contributed by atoms with Crippen LogP contribution < -0.4 is 0 Å². The number of amides is 1. The first-order valence-electron chi connectivity index (χ1n) is 8.82. The molecule has 0 fully saturated rings. The normalized spacial score (nSPS) is 11.1. The zero-order chi connectivity index (χ0) is 19.2. The lowest BCUT2D eigenvalue weighted by Gasteiger charge is -2.14. The topological polar surface area (TPSA) is 111 Å². The number of hydrogen-bond acceptors (Lipinski definition) is 8. The molecule has 0 aromatic carbocycles. The highest BCUT2D eigenvalue weighted by Crippen LogP contribution is 2.15. The van der Waals surface area contributed by atoms with E-state index in [0.717, 1.165) is 5.56 Å². The molecule has 3 aromatic rings. The molecule has 9 heteroatoms. The van der Waals surface area contributed by atoms with Crippen LogP contribution in [0.25, 0.3) is 11.4 Å². The van der Waals surface area contributed by atoms with E-state index >= 15 is 0 Å². The van der Waals surface area contributed by atoms with Gasteiger partial charge in [-0.25, -0.2) is 0 Å². The van der Waals surface area contributed by atoms with E-state index in [9.17, 15) is 4.79 Å². The molecule has 3 heterocycles. The van der Waals surface area contributed by atoms with Gasteiger partial charge in [0.15, 0.2) is 5.82 Å². The van der Waals surface area contributed by atoms with E-state index < -0.39 is 0 Å². The van der Waals surface area contributed by atoms with Crippen molar-refractivity contribution >= 4 is 5.91 Å². The molecule has 3 rings (SSSR count). The summed E-state index contributed by atoms with van der Waals surface area (Å²) in [7, 11) is 1.72. The Bertz CT molecular complexity index is 874. The number of carbonyl (C=O) groups excluding carboxylic acids is 1. The summed E-state index contributed by atoms with van der Waals surface area (Å²) in [5.41, 5.74) is 0.796. The Balaban J connectivity index is 1.45. The van der Waals surface area contributed by atoms with E-state index in [1.165, 1.54) is 0 Å². The van der Waals surface area contributed by atoms with E-state index in [0.29, 0.717) is 49.2 Å². The first-order valence-corrected chi connectivity index (χ1v) is 8.82. The fraction of sp³-hybridized carbons (Fsp3) is 0.444. The van der Waals surface area contributed by atoms with Gasteiger partial charge >= 0.3 is 0 Å². The van der Waals surface area contributed by atoms with Crippen molar-refractivity contribution < 1.29 is 13.8 Å². The highest BCUT2D eigenvalue weighted by Gasteiger charge is 2.15. The molecule has 0 saturated carbocycles. The summed E-state index contributed by atoms with van der Waals surface area (Å²) in [5, 5.41) is 7.84. The Morgan fingerprint density at radius 2 is 2.07 bits per heavy atom. The number of aromatic nitrogens is 5. The quantitative estimate of drug-likeness (QED) is 0.595. The van der Waals surface area contributed by atoms with Gasteiger partial charge in [0.1, 0.15) is 0 Å². The summed E-state index contributed by atoms with van der Waals surface area (Å²) >= 11 is 0. The summed E-state index contributed by atoms with van der Waals surface area (Å²) in [5.74, 6) is 2.25. The Labute approximate surface area is 156 Å². The van der Waals surface area contributed by atoms with Crippen LogP contribution in [0.1, 0.15) is 50.2 Å². The molecule has 0 saturated heterocycles. The predicted molar refractivity (Wildman–Crippen MR) is 95.3 cm³/mol. The maximum Gasteiger partial charge on any atom is 0.229 e. The van der Waals surface area contributed by atoms with Gasteiger partial charge in [-0.2, -0.15) is 9.97 Å². The summed E-state index contributed by atoms with van der Waals surface area (Å²) in [6.07, 6.45) is 4.88. The van der Waals surface area contributed by atoms with Crippen LogP contribution in [0.2, 0.25) is 0 Å². The second-order valence-corrected chi connectivity index (χ2v) is 6.56. The predicted octanol–water partition coefficient (Wildman–Crippen LogP) is 2.62. The van der Waals surface area contributed by atoms with E-state index in [-0.39, 0.29) is 11.8 Å². The number of pyridine rings is 1. The molecule has 0 aliphatic heterocycles. The van der Waals surface area contributed by atoms with Crippen LogP contribution in [-0.4, -0.2) is 43.1 Å². The molecule has 0 bridgehead atoms. The van der Waals surface area contributed by atoms with E-state index in [1.807, 2.05) is 26.0 Å². The fourth-order valence-electron chi connectivity index (χ4n) is 2.42. The van der Waals surface area contributed by atoms with Crippen molar-refractivity contribution in [1.82, 2.24) is 30.2 Å². The van der Waals surface area contributed by atoms with Gasteiger partial charge in [0, 0.05) is 43.8 Å². The van der Waals surface area contributed by atoms with Gasteiger partial charge in [0.25, 0.3) is 0 Å². The lowest BCUT2D eigenvalue weighted by atomic mass is 10.2. The fourth-order valence-corrected chi connectivity index (χ4v) is 2.42. The lowest BCUT2D eigenvalue weighted by Crippen LogP contribution is -2.26. The molecule has 0 aliphatic rings. The van der Waals surface area contributed by atoms with Crippen LogP contribution >= 0.6 is 0 Å². The smallest absolute Gasteiger partial charge is 0.229 e. The summed E-state index contributed by atoms with van der Waals surface area (Å²) < 4.78 is 10.4. The van der Waals surface area contributed by atoms with E-state index in [1.54, 1.807) is 24.3 Å². The van der Waals surface area contributed by atoms with Crippen molar-refractivity contribution in [2.45, 2.75) is 45.6 Å². The third-order valence-electron chi connectivity index (χ3n) is 3.95. The minimum atomic E-state index is -0.00195. The number of hydrogen-bond donors (Lipinski definition) is 0. The maximum absolute atomic E-state index is 12.3. The van der Waals surface area contributed by atoms with Crippen LogP contribution in [0, 0.1) is 0 Å². The minimum absolute atomic E-state index is 0.00195. The van der Waals surface area contributed by atoms with Crippen LogP contribution in [-0.2, 0) is 17.8 Å². The standard InChI is InChI=1S/C18H22N6O3/c1-12(2)18-20-14(22-27-18)11-24(3)16(25)8-4-7-15-21-17(23-26-15)13-6-5-9-19-10-13/h5-6,9-10,12H,4,7-8,11H2,1-3H3. The van der Waals surface area contributed by atoms with Gasteiger partial charge in [0.05, 0.1) is 6.54 Å². The molecular weight excluding hydrogens is 348 g/mol. The van der Waals surface area contributed by atoms with E-state index in [4.69, 9.17) is 9.05 Å². The van der Waals surface area contributed by atoms with E-state index in [2.05, 4.69) is 25.3 Å². The zero-order valence-electron chi connectivity index (χ0n) is 15.6. The Morgan fingerprint density at radius 3 is 2.78 bits per heavy atom. The van der Waals surface area contributed by atoms with Gasteiger partial charge in [-0.05, 0) is 18.6 Å². The van der Waals surface area contributed by atoms with Gasteiger partial charge in [-0.15, -0.1) is 0 Å². The van der Waals surface area contributed by atoms with Gasteiger partial charge in [-0.1, -0.05) is 24.2 Å². The highest BCUT2D eigenvalue weighted by atomic mass is 16.5. The Morgan fingerprint density at radius 1 is 1.22 bits per heavy atom. The molecule has 0 N–H and O–H groups in total. The largest absolute Gasteiger partial charge is 0.339 e. The van der Waals surface area contributed by atoms with Crippen molar-refractivity contribution in [3.63, 3.8) is 0 Å². The number of aryl methyl sites for hydroxylation is 1. The number of rotatable bonds is 8. The third-order valence-corrected chi connectivity index (χ3v) is 3.95. The average molecular weight is 370 g/mol. The van der Waals surface area contributed by atoms with Crippen molar-refractivity contribution in [3.8, 4) is 11.4 Å². The molecule has 142 valence electrons. The van der Waals surface area contributed by atoms with Crippen LogP contribution in [0.5, 0.6) is 0 Å². The summed E-state index contributed by atoms with van der Waals surface area (Å²) in [6.45, 7) is 4.27. The molecule has 0 radical (unpaired) electrons. The molecule has 0 unspecified atom stereocenters. The Hall–Kier alpha value is -3.10. The number of nitrogens with zero attached hydrogens (tertiary/aromatic N) is 6. The lowest BCUT2D eigenvalue weighted by molar-refractivity contribution is -0.130. The van der Waals surface area contributed by atoms with Crippen molar-refractivity contribution in [2.75, 3.05) is 7.05 Å². The van der Waals surface area contributed by atoms with Gasteiger partial charge in [0.2, 0.25) is 23.5 Å². The zero-order valence-corrected chi connectivity index (χ0v) is 15.6. The summed E-state index contributed by atoms with van der Waals surface area (Å²) in [4.78, 5) is 26.5. The second kappa shape index (κ2) is 8.52. The Kier molecular flexibility index (Phi) is 5.90. The van der Waals surface area contributed by atoms with Crippen LogP contribution in [0.15, 0.2) is 33.6 Å². The monoisotopic (exact) mass is 370 g/mol. The van der Waals surface area contributed by atoms with Crippen LogP contribution in [0.4, 0.5) is 0 Å². The average Bonchev–Trinajstić information content (AvgIpc) is 3.32. The van der Waals surface area contributed by atoms with Crippen molar-refractivity contribution in [3.05, 3.63) is 42.1 Å². The molecule has 0 atom stereocenters. The molecule has 9 nitrogen and oxygen atoms in total. The number of carbonyl (C=O) groups is 1. The first-order chi connectivity index (χ1) is 13.0. The molecule has 1 amide bonds. The molecule has 3 aromatic heterocycles. The molecular formula is C18H22N6O3. The maximum atomic E-state index is 12.3. The SMILES string of the molecule is CC(C)c1nc(CN(C)C(=O)CCCc2nc(-c3cccnc3)no2)no1. The van der Waals surface area contributed by atoms with Gasteiger partial charge in [-0.3, -0.25) is 9.78 Å². The van der Waals surface area contributed by atoms with Gasteiger partial charge < -0.3 is 13.9 Å². The first kappa shape index (κ1) is 18.7. The summed E-state index contributed by atoms with van der Waals surface area (Å²) in [6, 6.07) is 3.68. The minimum Gasteiger partial charge on any atom is -0.339 e. The second-order valence-electron chi connectivity index (χ2n) is 6.56.